The first kappa shape index (κ1) is 17.4. The van der Waals surface area contributed by atoms with Crippen LogP contribution in [0.15, 0.2) is 54.7 Å². The lowest BCUT2D eigenvalue weighted by molar-refractivity contribution is 0.0368. The molecule has 2 aromatic carbocycles. The molecule has 0 bridgehead atoms. The van der Waals surface area contributed by atoms with Crippen molar-refractivity contribution in [3.63, 3.8) is 0 Å². The van der Waals surface area contributed by atoms with Gasteiger partial charge in [-0.2, -0.15) is 0 Å². The molecule has 0 saturated carbocycles. The minimum Gasteiger partial charge on any atom is -0.367 e. The molecule has 1 heterocycles. The summed E-state index contributed by atoms with van der Waals surface area (Å²) in [6.45, 7) is 10.5. The van der Waals surface area contributed by atoms with Gasteiger partial charge in [0.05, 0.1) is 5.54 Å². The van der Waals surface area contributed by atoms with E-state index in [1.165, 1.54) is 29.5 Å². The molecule has 1 aliphatic carbocycles. The average Bonchev–Trinajstić information content (AvgIpc) is 3.23. The Balaban J connectivity index is 1.97. The lowest BCUT2D eigenvalue weighted by Crippen LogP contribution is -2.51. The summed E-state index contributed by atoms with van der Waals surface area (Å²) in [6, 6.07) is 16.0. The first-order valence-electron chi connectivity index (χ1n) is 10.3. The first-order valence-corrected chi connectivity index (χ1v) is 10.3. The second-order valence-corrected chi connectivity index (χ2v) is 7.84. The zero-order valence-corrected chi connectivity index (χ0v) is 16.7. The van der Waals surface area contributed by atoms with E-state index in [9.17, 15) is 0 Å². The Morgan fingerprint density at radius 2 is 1.58 bits per heavy atom. The Morgan fingerprint density at radius 3 is 2.27 bits per heavy atom. The standard InChI is InChI=1S/C25H31N/c1-5-24(6-2)16-17-26(8-4)25(24,7-3)23-15-11-14-21-20-13-10-9-12-19(20)18-22(21)23/h9-17H,5-8,18H2,1-4H3. The molecule has 1 unspecified atom stereocenters. The number of fused-ring (bicyclic) bond motifs is 3. The van der Waals surface area contributed by atoms with Crippen molar-refractivity contribution in [2.45, 2.75) is 58.9 Å². The van der Waals surface area contributed by atoms with Crippen molar-refractivity contribution in [2.75, 3.05) is 6.54 Å². The van der Waals surface area contributed by atoms with Crippen LogP contribution in [-0.2, 0) is 12.0 Å². The molecular weight excluding hydrogens is 314 g/mol. The van der Waals surface area contributed by atoms with Gasteiger partial charge in [-0.15, -0.1) is 0 Å². The van der Waals surface area contributed by atoms with Crippen LogP contribution in [-0.4, -0.2) is 11.4 Å². The van der Waals surface area contributed by atoms with Gasteiger partial charge < -0.3 is 4.90 Å². The third-order valence-corrected chi connectivity index (χ3v) is 7.30. The molecular formula is C25H31N. The van der Waals surface area contributed by atoms with Gasteiger partial charge in [-0.05, 0) is 66.6 Å². The van der Waals surface area contributed by atoms with Gasteiger partial charge in [0.25, 0.3) is 0 Å². The number of nitrogens with zero attached hydrogens (tertiary/aromatic N) is 1. The predicted octanol–water partition coefficient (Wildman–Crippen LogP) is 6.52. The van der Waals surface area contributed by atoms with Crippen molar-refractivity contribution >= 4 is 0 Å². The Labute approximate surface area is 158 Å². The maximum absolute atomic E-state index is 2.62. The van der Waals surface area contributed by atoms with Gasteiger partial charge in [0, 0.05) is 12.0 Å². The fraction of sp³-hybridized carbons (Fsp3) is 0.440. The highest BCUT2D eigenvalue weighted by Gasteiger charge is 2.54. The molecule has 0 saturated heterocycles. The molecule has 1 aliphatic heterocycles. The number of benzene rings is 2. The van der Waals surface area contributed by atoms with E-state index in [1.54, 1.807) is 11.1 Å². The van der Waals surface area contributed by atoms with E-state index in [4.69, 9.17) is 0 Å². The summed E-state index contributed by atoms with van der Waals surface area (Å²) in [4.78, 5) is 2.62. The lowest BCUT2D eigenvalue weighted by atomic mass is 9.61. The SMILES string of the molecule is CCN1C=CC(CC)(CC)C1(CC)c1cccc2c1Cc1ccccc1-2. The van der Waals surface area contributed by atoms with Crippen molar-refractivity contribution in [3.8, 4) is 11.1 Å². The molecule has 26 heavy (non-hydrogen) atoms. The zero-order chi connectivity index (χ0) is 18.4. The maximum Gasteiger partial charge on any atom is 0.0739 e. The fourth-order valence-corrected chi connectivity index (χ4v) is 5.94. The summed E-state index contributed by atoms with van der Waals surface area (Å²) in [6.07, 6.45) is 9.48. The van der Waals surface area contributed by atoms with Crippen LogP contribution in [0.5, 0.6) is 0 Å². The number of rotatable bonds is 5. The zero-order valence-electron chi connectivity index (χ0n) is 16.7. The topological polar surface area (TPSA) is 3.24 Å². The van der Waals surface area contributed by atoms with Gasteiger partial charge in [-0.1, -0.05) is 69.3 Å². The Morgan fingerprint density at radius 1 is 0.846 bits per heavy atom. The van der Waals surface area contributed by atoms with Crippen LogP contribution in [0.1, 0.15) is 63.6 Å². The van der Waals surface area contributed by atoms with Crippen LogP contribution >= 0.6 is 0 Å². The highest BCUT2D eigenvalue weighted by atomic mass is 15.2. The molecule has 4 rings (SSSR count). The van der Waals surface area contributed by atoms with Crippen molar-refractivity contribution in [2.24, 2.45) is 5.41 Å². The number of hydrogen-bond donors (Lipinski definition) is 0. The first-order chi connectivity index (χ1) is 12.7. The van der Waals surface area contributed by atoms with Crippen molar-refractivity contribution in [1.29, 1.82) is 0 Å². The molecule has 2 aliphatic rings. The molecule has 1 atom stereocenters. The smallest absolute Gasteiger partial charge is 0.0739 e. The normalized spacial score (nSPS) is 22.5. The van der Waals surface area contributed by atoms with Gasteiger partial charge in [-0.25, -0.2) is 0 Å². The van der Waals surface area contributed by atoms with E-state index < -0.39 is 0 Å². The molecule has 0 radical (unpaired) electrons. The van der Waals surface area contributed by atoms with E-state index in [2.05, 4.69) is 87.3 Å². The monoisotopic (exact) mass is 345 g/mol. The largest absolute Gasteiger partial charge is 0.367 e. The van der Waals surface area contributed by atoms with Crippen LogP contribution < -0.4 is 0 Å². The highest BCUT2D eigenvalue weighted by Crippen LogP contribution is 2.58. The van der Waals surface area contributed by atoms with Crippen LogP contribution in [0, 0.1) is 5.41 Å². The van der Waals surface area contributed by atoms with Crippen molar-refractivity contribution < 1.29 is 0 Å². The summed E-state index contributed by atoms with van der Waals surface area (Å²) in [5.74, 6) is 0. The third kappa shape index (κ3) is 2.03. The summed E-state index contributed by atoms with van der Waals surface area (Å²) < 4.78 is 0. The minimum atomic E-state index is 0.0681. The molecule has 0 aromatic heterocycles. The summed E-state index contributed by atoms with van der Waals surface area (Å²) in [5.41, 5.74) is 7.76. The molecule has 0 amide bonds. The summed E-state index contributed by atoms with van der Waals surface area (Å²) in [5, 5.41) is 0. The Kier molecular flexibility index (Phi) is 4.22. The van der Waals surface area contributed by atoms with Gasteiger partial charge >= 0.3 is 0 Å². The third-order valence-electron chi connectivity index (χ3n) is 7.30. The number of hydrogen-bond acceptors (Lipinski definition) is 1. The van der Waals surface area contributed by atoms with Gasteiger partial charge in [0.1, 0.15) is 0 Å². The van der Waals surface area contributed by atoms with E-state index in [0.29, 0.717) is 0 Å². The second kappa shape index (κ2) is 6.30. The molecule has 136 valence electrons. The molecule has 0 spiro atoms. The van der Waals surface area contributed by atoms with Crippen molar-refractivity contribution in [1.82, 2.24) is 4.90 Å². The van der Waals surface area contributed by atoms with E-state index in [1.807, 2.05) is 0 Å². The predicted molar refractivity (Wildman–Crippen MR) is 111 cm³/mol. The lowest BCUT2D eigenvalue weighted by Gasteiger charge is -2.51. The van der Waals surface area contributed by atoms with E-state index >= 15 is 0 Å². The summed E-state index contributed by atoms with van der Waals surface area (Å²) in [7, 11) is 0. The van der Waals surface area contributed by atoms with E-state index in [-0.39, 0.29) is 11.0 Å². The second-order valence-electron chi connectivity index (χ2n) is 7.84. The summed E-state index contributed by atoms with van der Waals surface area (Å²) >= 11 is 0. The molecule has 1 heteroatoms. The molecule has 0 N–H and O–H groups in total. The van der Waals surface area contributed by atoms with Crippen LogP contribution in [0.3, 0.4) is 0 Å². The Hall–Kier alpha value is -2.02. The van der Waals surface area contributed by atoms with E-state index in [0.717, 1.165) is 19.4 Å². The minimum absolute atomic E-state index is 0.0681. The Bertz CT molecular complexity index is 843. The highest BCUT2D eigenvalue weighted by molar-refractivity contribution is 5.78. The van der Waals surface area contributed by atoms with Crippen LogP contribution in [0.2, 0.25) is 0 Å². The van der Waals surface area contributed by atoms with Crippen LogP contribution in [0.25, 0.3) is 11.1 Å². The van der Waals surface area contributed by atoms with Crippen LogP contribution in [0.4, 0.5) is 0 Å². The fourth-order valence-electron chi connectivity index (χ4n) is 5.94. The molecule has 0 fully saturated rings. The quantitative estimate of drug-likeness (QED) is 0.509. The van der Waals surface area contributed by atoms with Crippen molar-refractivity contribution in [3.05, 3.63) is 71.4 Å². The maximum atomic E-state index is 2.62. The van der Waals surface area contributed by atoms with Gasteiger partial charge in [0.2, 0.25) is 0 Å². The molecule has 2 aromatic rings. The van der Waals surface area contributed by atoms with Gasteiger partial charge in [0.15, 0.2) is 0 Å². The van der Waals surface area contributed by atoms with Gasteiger partial charge in [-0.3, -0.25) is 0 Å². The average molecular weight is 346 g/mol. The molecule has 1 nitrogen and oxygen atoms in total.